The molecule has 92 valence electrons. The lowest BCUT2D eigenvalue weighted by molar-refractivity contribution is -0.126. The Morgan fingerprint density at radius 3 is 2.65 bits per heavy atom. The Kier molecular flexibility index (Phi) is 5.92. The molecule has 0 aliphatic heterocycles. The first kappa shape index (κ1) is 13.9. The number of carbonyl (C=O) groups excluding carboxylic acids is 2. The van der Waals surface area contributed by atoms with E-state index in [1.165, 1.54) is 0 Å². The highest BCUT2D eigenvalue weighted by atomic mass is 127. The molecule has 1 rings (SSSR count). The molecule has 2 amide bonds. The lowest BCUT2D eigenvalue weighted by atomic mass is 10.2. The van der Waals surface area contributed by atoms with Crippen molar-refractivity contribution in [2.24, 2.45) is 0 Å². The Labute approximate surface area is 113 Å². The third kappa shape index (κ3) is 4.70. The Morgan fingerprint density at radius 1 is 1.29 bits per heavy atom. The molecule has 1 aromatic rings. The van der Waals surface area contributed by atoms with Crippen LogP contribution < -0.4 is 10.9 Å². The van der Waals surface area contributed by atoms with E-state index >= 15 is 0 Å². The van der Waals surface area contributed by atoms with Crippen LogP contribution in [0.3, 0.4) is 0 Å². The first-order valence-corrected chi connectivity index (χ1v) is 6.14. The fourth-order valence-electron chi connectivity index (χ4n) is 1.07. The highest BCUT2D eigenvalue weighted by molar-refractivity contribution is 14.1. The normalized spacial score (nSPS) is 9.76. The van der Waals surface area contributed by atoms with Crippen molar-refractivity contribution in [2.75, 3.05) is 13.2 Å². The van der Waals surface area contributed by atoms with Crippen molar-refractivity contribution >= 4 is 34.4 Å². The average molecular weight is 348 g/mol. The molecule has 2 N–H and O–H groups in total. The highest BCUT2D eigenvalue weighted by Crippen LogP contribution is 2.10. The van der Waals surface area contributed by atoms with Crippen LogP contribution >= 0.6 is 22.6 Å². The topological polar surface area (TPSA) is 67.4 Å². The molecule has 1 aromatic carbocycles. The molecule has 0 heterocycles. The summed E-state index contributed by atoms with van der Waals surface area (Å²) in [6.07, 6.45) is 0. The van der Waals surface area contributed by atoms with Gasteiger partial charge in [0.25, 0.3) is 11.8 Å². The fraction of sp³-hybridized carbons (Fsp3) is 0.273. The molecule has 0 unspecified atom stereocenters. The van der Waals surface area contributed by atoms with Gasteiger partial charge in [0.2, 0.25) is 0 Å². The van der Waals surface area contributed by atoms with Gasteiger partial charge in [-0.2, -0.15) is 0 Å². The molecule has 0 spiro atoms. The molecule has 6 heteroatoms. The third-order valence-corrected chi connectivity index (χ3v) is 2.81. The molecule has 17 heavy (non-hydrogen) atoms. The van der Waals surface area contributed by atoms with Gasteiger partial charge in [-0.15, -0.1) is 0 Å². The van der Waals surface area contributed by atoms with Crippen molar-refractivity contribution in [1.29, 1.82) is 0 Å². The number of nitrogens with one attached hydrogen (secondary N) is 2. The van der Waals surface area contributed by atoms with Crippen LogP contribution in [0.4, 0.5) is 0 Å². The van der Waals surface area contributed by atoms with Crippen molar-refractivity contribution in [3.05, 3.63) is 33.4 Å². The predicted octanol–water partition coefficient (Wildman–Crippen LogP) is 1.09. The third-order valence-electron chi connectivity index (χ3n) is 1.87. The van der Waals surface area contributed by atoms with Crippen LogP contribution in [0, 0.1) is 3.57 Å². The van der Waals surface area contributed by atoms with Crippen molar-refractivity contribution in [1.82, 2.24) is 10.9 Å². The zero-order valence-corrected chi connectivity index (χ0v) is 11.5. The summed E-state index contributed by atoms with van der Waals surface area (Å²) >= 11 is 2.06. The molecule has 0 saturated carbocycles. The van der Waals surface area contributed by atoms with E-state index in [-0.39, 0.29) is 18.4 Å². The van der Waals surface area contributed by atoms with Crippen molar-refractivity contribution in [3.8, 4) is 0 Å². The van der Waals surface area contributed by atoms with Crippen LogP contribution in [-0.2, 0) is 9.53 Å². The molecule has 0 radical (unpaired) electrons. The number of ether oxygens (including phenoxy) is 1. The zero-order chi connectivity index (χ0) is 12.7. The summed E-state index contributed by atoms with van der Waals surface area (Å²) in [7, 11) is 0. The molecular weight excluding hydrogens is 335 g/mol. The number of rotatable bonds is 4. The number of amides is 2. The second kappa shape index (κ2) is 7.23. The van der Waals surface area contributed by atoms with Crippen LogP contribution in [0.1, 0.15) is 17.3 Å². The van der Waals surface area contributed by atoms with Crippen molar-refractivity contribution < 1.29 is 14.3 Å². The van der Waals surface area contributed by atoms with Gasteiger partial charge in [-0.1, -0.05) is 12.1 Å². The van der Waals surface area contributed by atoms with Crippen molar-refractivity contribution in [2.45, 2.75) is 6.92 Å². The number of benzene rings is 1. The van der Waals surface area contributed by atoms with Gasteiger partial charge in [-0.05, 0) is 41.6 Å². The minimum atomic E-state index is -0.383. The van der Waals surface area contributed by atoms with Crippen LogP contribution in [0.15, 0.2) is 24.3 Å². The zero-order valence-electron chi connectivity index (χ0n) is 9.33. The molecule has 0 aromatic heterocycles. The van der Waals surface area contributed by atoms with Gasteiger partial charge in [0.05, 0.1) is 5.56 Å². The minimum absolute atomic E-state index is 0.0668. The van der Waals surface area contributed by atoms with E-state index in [0.717, 1.165) is 3.57 Å². The summed E-state index contributed by atoms with van der Waals surface area (Å²) in [5, 5.41) is 0. The van der Waals surface area contributed by atoms with Gasteiger partial charge in [0.15, 0.2) is 0 Å². The van der Waals surface area contributed by atoms with E-state index in [0.29, 0.717) is 12.2 Å². The largest absolute Gasteiger partial charge is 0.372 e. The lowest BCUT2D eigenvalue weighted by Crippen LogP contribution is -2.43. The first-order chi connectivity index (χ1) is 8.15. The van der Waals surface area contributed by atoms with Crippen LogP contribution in [-0.4, -0.2) is 25.0 Å². The van der Waals surface area contributed by atoms with Gasteiger partial charge in [0.1, 0.15) is 6.61 Å². The maximum Gasteiger partial charge on any atom is 0.270 e. The molecule has 0 saturated heterocycles. The molecule has 0 fully saturated rings. The Hall–Kier alpha value is -1.15. The molecule has 0 atom stereocenters. The first-order valence-electron chi connectivity index (χ1n) is 5.06. The van der Waals surface area contributed by atoms with Gasteiger partial charge >= 0.3 is 0 Å². The quantitative estimate of drug-likeness (QED) is 0.632. The van der Waals surface area contributed by atoms with E-state index in [9.17, 15) is 9.59 Å². The molecular formula is C11H13IN2O3. The van der Waals surface area contributed by atoms with Crippen LogP contribution in [0.25, 0.3) is 0 Å². The molecule has 0 aliphatic rings. The summed E-state index contributed by atoms with van der Waals surface area (Å²) in [5.41, 5.74) is 5.12. The molecule has 5 nitrogen and oxygen atoms in total. The predicted molar refractivity (Wildman–Crippen MR) is 71.3 cm³/mol. The summed E-state index contributed by atoms with van der Waals surface area (Å²) in [6.45, 7) is 2.18. The number of halogens is 1. The number of hydrogen-bond acceptors (Lipinski definition) is 3. The number of hydrazine groups is 1. The molecule has 0 aliphatic carbocycles. The Balaban J connectivity index is 2.45. The van der Waals surface area contributed by atoms with E-state index in [2.05, 4.69) is 33.4 Å². The van der Waals surface area contributed by atoms with Gasteiger partial charge in [0, 0.05) is 10.2 Å². The van der Waals surface area contributed by atoms with Crippen LogP contribution in [0.2, 0.25) is 0 Å². The SMILES string of the molecule is CCOCC(=O)NNC(=O)c1ccccc1I. The number of carbonyl (C=O) groups is 2. The maximum atomic E-state index is 11.7. The summed E-state index contributed by atoms with van der Waals surface area (Å²) in [4.78, 5) is 22.8. The number of hydrogen-bond donors (Lipinski definition) is 2. The Morgan fingerprint density at radius 2 is 2.00 bits per heavy atom. The smallest absolute Gasteiger partial charge is 0.270 e. The highest BCUT2D eigenvalue weighted by Gasteiger charge is 2.09. The fourth-order valence-corrected chi connectivity index (χ4v) is 1.70. The van der Waals surface area contributed by atoms with Crippen molar-refractivity contribution in [3.63, 3.8) is 0 Å². The average Bonchev–Trinajstić information content (AvgIpc) is 2.34. The van der Waals surface area contributed by atoms with E-state index in [1.807, 2.05) is 12.1 Å². The Bertz CT molecular complexity index is 409. The lowest BCUT2D eigenvalue weighted by Gasteiger charge is -2.08. The monoisotopic (exact) mass is 348 g/mol. The van der Waals surface area contributed by atoms with E-state index < -0.39 is 0 Å². The van der Waals surface area contributed by atoms with Gasteiger partial charge < -0.3 is 4.74 Å². The summed E-state index contributed by atoms with van der Waals surface area (Å²) < 4.78 is 5.71. The van der Waals surface area contributed by atoms with E-state index in [4.69, 9.17) is 4.74 Å². The summed E-state index contributed by atoms with van der Waals surface area (Å²) in [5.74, 6) is -0.731. The summed E-state index contributed by atoms with van der Waals surface area (Å²) in [6, 6.07) is 7.11. The minimum Gasteiger partial charge on any atom is -0.372 e. The molecule has 0 bridgehead atoms. The van der Waals surface area contributed by atoms with E-state index in [1.54, 1.807) is 19.1 Å². The second-order valence-electron chi connectivity index (χ2n) is 3.12. The van der Waals surface area contributed by atoms with Gasteiger partial charge in [-0.25, -0.2) is 0 Å². The van der Waals surface area contributed by atoms with Gasteiger partial charge in [-0.3, -0.25) is 20.4 Å². The standard InChI is InChI=1S/C11H13IN2O3/c1-2-17-7-10(15)13-14-11(16)8-5-3-4-6-9(8)12/h3-6H,2,7H2,1H3,(H,13,15)(H,14,16). The van der Waals surface area contributed by atoms with Crippen LogP contribution in [0.5, 0.6) is 0 Å². The maximum absolute atomic E-state index is 11.7. The second-order valence-corrected chi connectivity index (χ2v) is 4.28.